The van der Waals surface area contributed by atoms with Gasteiger partial charge in [-0.3, -0.25) is 4.79 Å². The van der Waals surface area contributed by atoms with Crippen LogP contribution in [0.1, 0.15) is 16.6 Å². The first kappa shape index (κ1) is 12.9. The molecule has 6 heteroatoms. The van der Waals surface area contributed by atoms with Gasteiger partial charge in [0, 0.05) is 26.2 Å². The van der Waals surface area contributed by atoms with Gasteiger partial charge >= 0.3 is 6.09 Å². The number of hydrogen-bond acceptors (Lipinski definition) is 5. The normalized spacial score (nSPS) is 15.6. The zero-order chi connectivity index (χ0) is 13.0. The molecule has 0 aromatic carbocycles. The maximum absolute atomic E-state index is 11.5. The standard InChI is InChI=1S/C12H16N2O3S/c1-2-17-12(16)14-7-5-13(6-8-14)11-4-3-10(9-15)18-11/h3-4,9H,2,5-8H2,1H3. The molecule has 0 spiro atoms. The second kappa shape index (κ2) is 5.86. The van der Waals surface area contributed by atoms with Crippen LogP contribution in [0.5, 0.6) is 0 Å². The quantitative estimate of drug-likeness (QED) is 0.785. The molecule has 1 aromatic heterocycles. The monoisotopic (exact) mass is 268 g/mol. The molecule has 1 aliphatic rings. The van der Waals surface area contributed by atoms with Gasteiger partial charge in [0.1, 0.15) is 0 Å². The molecule has 0 saturated carbocycles. The van der Waals surface area contributed by atoms with Gasteiger partial charge in [0.2, 0.25) is 0 Å². The van der Waals surface area contributed by atoms with Crippen LogP contribution < -0.4 is 4.90 Å². The number of anilines is 1. The van der Waals surface area contributed by atoms with Gasteiger partial charge in [0.05, 0.1) is 16.5 Å². The van der Waals surface area contributed by atoms with Crippen molar-refractivity contribution >= 4 is 28.7 Å². The smallest absolute Gasteiger partial charge is 0.409 e. The van der Waals surface area contributed by atoms with Crippen molar-refractivity contribution in [3.05, 3.63) is 17.0 Å². The summed E-state index contributed by atoms with van der Waals surface area (Å²) in [6.45, 7) is 5.09. The molecule has 2 rings (SSSR count). The fourth-order valence-corrected chi connectivity index (χ4v) is 2.77. The lowest BCUT2D eigenvalue weighted by Gasteiger charge is -2.34. The topological polar surface area (TPSA) is 49.9 Å². The van der Waals surface area contributed by atoms with Crippen LogP contribution in [0.25, 0.3) is 0 Å². The lowest BCUT2D eigenvalue weighted by Crippen LogP contribution is -2.48. The van der Waals surface area contributed by atoms with Crippen LogP contribution >= 0.6 is 11.3 Å². The van der Waals surface area contributed by atoms with E-state index < -0.39 is 0 Å². The fraction of sp³-hybridized carbons (Fsp3) is 0.500. The van der Waals surface area contributed by atoms with E-state index in [-0.39, 0.29) is 6.09 Å². The highest BCUT2D eigenvalue weighted by atomic mass is 32.1. The average molecular weight is 268 g/mol. The average Bonchev–Trinajstić information content (AvgIpc) is 2.88. The number of carbonyl (C=O) groups excluding carboxylic acids is 2. The first-order valence-corrected chi connectivity index (χ1v) is 6.78. The number of hydrogen-bond donors (Lipinski definition) is 0. The number of piperazine rings is 1. The molecule has 5 nitrogen and oxygen atoms in total. The van der Waals surface area contributed by atoms with E-state index in [9.17, 15) is 9.59 Å². The number of rotatable bonds is 3. The van der Waals surface area contributed by atoms with Crippen molar-refractivity contribution in [3.63, 3.8) is 0 Å². The summed E-state index contributed by atoms with van der Waals surface area (Å²) in [6, 6.07) is 3.78. The van der Waals surface area contributed by atoms with Crippen LogP contribution in [0, 0.1) is 0 Å². The van der Waals surface area contributed by atoms with E-state index in [1.54, 1.807) is 11.8 Å². The molecule has 0 N–H and O–H groups in total. The zero-order valence-electron chi connectivity index (χ0n) is 10.3. The summed E-state index contributed by atoms with van der Waals surface area (Å²) in [4.78, 5) is 26.8. The molecule has 1 fully saturated rings. The Hall–Kier alpha value is -1.56. The van der Waals surface area contributed by atoms with Crippen LogP contribution in [0.4, 0.5) is 9.80 Å². The molecule has 1 saturated heterocycles. The molecule has 2 heterocycles. The van der Waals surface area contributed by atoms with Gasteiger partial charge in [-0.1, -0.05) is 0 Å². The maximum Gasteiger partial charge on any atom is 0.409 e. The number of thiophene rings is 1. The van der Waals surface area contributed by atoms with Crippen LogP contribution in [-0.2, 0) is 4.74 Å². The first-order chi connectivity index (χ1) is 8.74. The number of ether oxygens (including phenoxy) is 1. The Morgan fingerprint density at radius 1 is 1.39 bits per heavy atom. The molecule has 1 aromatic rings. The van der Waals surface area contributed by atoms with E-state index in [0.717, 1.165) is 29.3 Å². The third-order valence-electron chi connectivity index (χ3n) is 2.85. The Morgan fingerprint density at radius 2 is 2.11 bits per heavy atom. The predicted octanol–water partition coefficient (Wildman–Crippen LogP) is 1.84. The molecule has 1 amide bonds. The molecular formula is C12H16N2O3S. The van der Waals surface area contributed by atoms with Crippen LogP contribution in [0.3, 0.4) is 0 Å². The van der Waals surface area contributed by atoms with Crippen molar-refractivity contribution in [2.24, 2.45) is 0 Å². The largest absolute Gasteiger partial charge is 0.450 e. The number of aldehydes is 1. The fourth-order valence-electron chi connectivity index (χ4n) is 1.90. The molecule has 18 heavy (non-hydrogen) atoms. The molecular weight excluding hydrogens is 252 g/mol. The van der Waals surface area contributed by atoms with Crippen LogP contribution in [-0.4, -0.2) is 50.1 Å². The highest BCUT2D eigenvalue weighted by Crippen LogP contribution is 2.25. The van der Waals surface area contributed by atoms with Gasteiger partial charge < -0.3 is 14.5 Å². The van der Waals surface area contributed by atoms with Crippen molar-refractivity contribution in [2.45, 2.75) is 6.92 Å². The second-order valence-electron chi connectivity index (χ2n) is 3.97. The molecule has 0 unspecified atom stereocenters. The second-order valence-corrected chi connectivity index (χ2v) is 5.06. The lowest BCUT2D eigenvalue weighted by atomic mass is 10.3. The SMILES string of the molecule is CCOC(=O)N1CCN(c2ccc(C=O)s2)CC1. The Balaban J connectivity index is 1.90. The summed E-state index contributed by atoms with van der Waals surface area (Å²) in [5.74, 6) is 0. The van der Waals surface area contributed by atoms with Gasteiger partial charge in [-0.15, -0.1) is 11.3 Å². The molecule has 0 bridgehead atoms. The van der Waals surface area contributed by atoms with Gasteiger partial charge in [0.15, 0.2) is 6.29 Å². The number of amides is 1. The zero-order valence-corrected chi connectivity index (χ0v) is 11.1. The van der Waals surface area contributed by atoms with Crippen LogP contribution in [0.2, 0.25) is 0 Å². The van der Waals surface area contributed by atoms with E-state index in [1.807, 2.05) is 12.1 Å². The number of nitrogens with zero attached hydrogens (tertiary/aromatic N) is 2. The lowest BCUT2D eigenvalue weighted by molar-refractivity contribution is 0.105. The maximum atomic E-state index is 11.5. The van der Waals surface area contributed by atoms with Crippen molar-refractivity contribution in [1.29, 1.82) is 0 Å². The van der Waals surface area contributed by atoms with Gasteiger partial charge in [-0.2, -0.15) is 0 Å². The Bertz CT molecular complexity index is 425. The Morgan fingerprint density at radius 3 is 2.67 bits per heavy atom. The summed E-state index contributed by atoms with van der Waals surface area (Å²) >= 11 is 1.48. The van der Waals surface area contributed by atoms with Gasteiger partial charge in [-0.25, -0.2) is 4.79 Å². The van der Waals surface area contributed by atoms with Gasteiger partial charge in [0.25, 0.3) is 0 Å². The van der Waals surface area contributed by atoms with Gasteiger partial charge in [-0.05, 0) is 19.1 Å². The van der Waals surface area contributed by atoms with E-state index in [4.69, 9.17) is 4.74 Å². The molecule has 0 radical (unpaired) electrons. The van der Waals surface area contributed by atoms with Crippen LogP contribution in [0.15, 0.2) is 12.1 Å². The third-order valence-corrected chi connectivity index (χ3v) is 3.92. The molecule has 1 aliphatic heterocycles. The van der Waals surface area contributed by atoms with E-state index in [0.29, 0.717) is 19.7 Å². The number of carbonyl (C=O) groups is 2. The van der Waals surface area contributed by atoms with Crippen molar-refractivity contribution in [3.8, 4) is 0 Å². The third kappa shape index (κ3) is 2.81. The minimum Gasteiger partial charge on any atom is -0.450 e. The highest BCUT2D eigenvalue weighted by Gasteiger charge is 2.22. The summed E-state index contributed by atoms with van der Waals surface area (Å²) in [5.41, 5.74) is 0. The van der Waals surface area contributed by atoms with Crippen molar-refractivity contribution in [2.75, 3.05) is 37.7 Å². The molecule has 0 atom stereocenters. The van der Waals surface area contributed by atoms with Crippen molar-refractivity contribution < 1.29 is 14.3 Å². The Labute approximate surface area is 110 Å². The minimum absolute atomic E-state index is 0.239. The first-order valence-electron chi connectivity index (χ1n) is 5.96. The van der Waals surface area contributed by atoms with Crippen molar-refractivity contribution in [1.82, 2.24) is 4.90 Å². The van der Waals surface area contributed by atoms with E-state index in [2.05, 4.69) is 4.90 Å². The highest BCUT2D eigenvalue weighted by molar-refractivity contribution is 7.17. The predicted molar refractivity (Wildman–Crippen MR) is 70.5 cm³/mol. The molecule has 0 aliphatic carbocycles. The van der Waals surface area contributed by atoms with E-state index >= 15 is 0 Å². The summed E-state index contributed by atoms with van der Waals surface area (Å²) in [5, 5.41) is 1.08. The molecule has 98 valence electrons. The van der Waals surface area contributed by atoms with E-state index in [1.165, 1.54) is 11.3 Å². The Kier molecular flexibility index (Phi) is 4.19. The summed E-state index contributed by atoms with van der Waals surface area (Å²) in [6.07, 6.45) is 0.625. The summed E-state index contributed by atoms with van der Waals surface area (Å²) in [7, 11) is 0. The minimum atomic E-state index is -0.239. The summed E-state index contributed by atoms with van der Waals surface area (Å²) < 4.78 is 4.97.